The predicted octanol–water partition coefficient (Wildman–Crippen LogP) is 5.73. The molecule has 0 N–H and O–H groups in total. The fraction of sp³-hybridized carbons (Fsp3) is 0.0588. The van der Waals surface area contributed by atoms with E-state index in [9.17, 15) is 21.6 Å². The largest absolute Gasteiger partial charge is 0.534 e. The molecule has 4 aromatic rings. The minimum atomic E-state index is -5.80. The third kappa shape index (κ3) is 2.62. The fourth-order valence-electron chi connectivity index (χ4n) is 2.74. The molecule has 0 spiro atoms. The number of fused-ring (bicyclic) bond motifs is 4. The number of hydrogen-bond acceptors (Lipinski definition) is 4. The van der Waals surface area contributed by atoms with Crippen molar-refractivity contribution in [2.24, 2.45) is 0 Å². The summed E-state index contributed by atoms with van der Waals surface area (Å²) in [5.74, 6) is -0.449. The highest BCUT2D eigenvalue weighted by molar-refractivity contribution is 9.10. The monoisotopic (exact) mass is 444 g/mol. The van der Waals surface area contributed by atoms with E-state index in [1.165, 1.54) is 6.07 Å². The molecule has 0 saturated heterocycles. The highest BCUT2D eigenvalue weighted by atomic mass is 79.9. The van der Waals surface area contributed by atoms with Gasteiger partial charge in [-0.3, -0.25) is 0 Å². The lowest BCUT2D eigenvalue weighted by atomic mass is 10.1. The van der Waals surface area contributed by atoms with E-state index in [4.69, 9.17) is 4.42 Å². The summed E-state index contributed by atoms with van der Waals surface area (Å²) >= 11 is 3.26. The Kier molecular flexibility index (Phi) is 3.71. The first-order valence-electron chi connectivity index (χ1n) is 7.22. The molecule has 1 heterocycles. The van der Waals surface area contributed by atoms with Crippen LogP contribution in [0.15, 0.2) is 57.4 Å². The molecule has 0 aliphatic heterocycles. The number of furan rings is 1. The Labute approximate surface area is 153 Å². The molecule has 0 atom stereocenters. The molecule has 1 aromatic heterocycles. The summed E-state index contributed by atoms with van der Waals surface area (Å²) in [4.78, 5) is 0. The summed E-state index contributed by atoms with van der Waals surface area (Å²) in [6, 6.07) is 13.3. The number of benzene rings is 3. The SMILES string of the molecule is O=S(=O)(Oc1ccc(Br)c2oc3cc4ccccc4cc3c12)C(F)(F)F. The van der Waals surface area contributed by atoms with Gasteiger partial charge in [-0.05, 0) is 51.0 Å². The van der Waals surface area contributed by atoms with E-state index < -0.39 is 21.4 Å². The molecule has 9 heteroatoms. The standard InChI is InChI=1S/C17H8BrF3O4S/c18-12-5-6-13(25-26(22,23)17(19,20)21)15-11-7-9-3-1-2-4-10(9)8-14(11)24-16(12)15/h1-8H. The van der Waals surface area contributed by atoms with E-state index in [0.717, 1.165) is 16.8 Å². The van der Waals surface area contributed by atoms with Crippen LogP contribution in [0.5, 0.6) is 5.75 Å². The zero-order valence-electron chi connectivity index (χ0n) is 12.7. The summed E-state index contributed by atoms with van der Waals surface area (Å²) in [6.45, 7) is 0. The van der Waals surface area contributed by atoms with Gasteiger partial charge in [-0.25, -0.2) is 0 Å². The van der Waals surface area contributed by atoms with Crippen LogP contribution in [0.3, 0.4) is 0 Å². The van der Waals surface area contributed by atoms with Crippen molar-refractivity contribution in [3.05, 3.63) is 53.0 Å². The summed E-state index contributed by atoms with van der Waals surface area (Å²) < 4.78 is 71.5. The van der Waals surface area contributed by atoms with Crippen molar-refractivity contribution in [3.63, 3.8) is 0 Å². The Morgan fingerprint density at radius 1 is 1.00 bits per heavy atom. The minimum absolute atomic E-state index is 0.146. The van der Waals surface area contributed by atoms with Crippen LogP contribution in [0, 0.1) is 0 Å². The molecule has 0 saturated carbocycles. The van der Waals surface area contributed by atoms with Crippen LogP contribution >= 0.6 is 15.9 Å². The van der Waals surface area contributed by atoms with E-state index in [0.29, 0.717) is 15.4 Å². The van der Waals surface area contributed by atoms with E-state index in [1.54, 1.807) is 12.1 Å². The quantitative estimate of drug-likeness (QED) is 0.292. The van der Waals surface area contributed by atoms with Gasteiger partial charge in [-0.2, -0.15) is 21.6 Å². The van der Waals surface area contributed by atoms with Crippen molar-refractivity contribution < 1.29 is 30.2 Å². The number of alkyl halides is 3. The van der Waals surface area contributed by atoms with Crippen LogP contribution in [-0.2, 0) is 10.1 Å². The van der Waals surface area contributed by atoms with Crippen LogP contribution in [0.25, 0.3) is 32.7 Å². The summed E-state index contributed by atoms with van der Waals surface area (Å²) in [6.07, 6.45) is 0. The lowest BCUT2D eigenvalue weighted by molar-refractivity contribution is -0.0499. The maximum absolute atomic E-state index is 12.7. The first-order valence-corrected chi connectivity index (χ1v) is 9.42. The van der Waals surface area contributed by atoms with Gasteiger partial charge in [0.05, 0.1) is 9.86 Å². The summed E-state index contributed by atoms with van der Waals surface area (Å²) in [5.41, 5.74) is -4.93. The second-order valence-corrected chi connectivity index (χ2v) is 7.92. The molecule has 0 radical (unpaired) electrons. The third-order valence-corrected chi connectivity index (χ3v) is 5.47. The molecule has 0 fully saturated rings. The van der Waals surface area contributed by atoms with Gasteiger partial charge >= 0.3 is 15.6 Å². The van der Waals surface area contributed by atoms with Gasteiger partial charge in [0.25, 0.3) is 0 Å². The first-order chi connectivity index (χ1) is 12.2. The third-order valence-electron chi connectivity index (χ3n) is 3.88. The zero-order valence-corrected chi connectivity index (χ0v) is 15.1. The molecule has 0 amide bonds. The van der Waals surface area contributed by atoms with Crippen LogP contribution in [0.2, 0.25) is 0 Å². The van der Waals surface area contributed by atoms with Gasteiger partial charge in [0, 0.05) is 5.39 Å². The van der Waals surface area contributed by atoms with Gasteiger partial charge in [0.1, 0.15) is 5.58 Å². The van der Waals surface area contributed by atoms with Gasteiger partial charge in [-0.15, -0.1) is 0 Å². The lowest BCUT2D eigenvalue weighted by Gasteiger charge is -2.10. The highest BCUT2D eigenvalue weighted by Gasteiger charge is 2.48. The van der Waals surface area contributed by atoms with Gasteiger partial charge < -0.3 is 8.60 Å². The van der Waals surface area contributed by atoms with Crippen molar-refractivity contribution in [2.75, 3.05) is 0 Å². The molecule has 0 aliphatic carbocycles. The maximum atomic E-state index is 12.7. The summed E-state index contributed by atoms with van der Waals surface area (Å²) in [5, 5.41) is 2.30. The smallest absolute Gasteiger partial charge is 0.455 e. The van der Waals surface area contributed by atoms with Gasteiger partial charge in [-0.1, -0.05) is 24.3 Å². The van der Waals surface area contributed by atoms with Crippen molar-refractivity contribution in [1.82, 2.24) is 0 Å². The van der Waals surface area contributed by atoms with Crippen LogP contribution < -0.4 is 4.18 Å². The van der Waals surface area contributed by atoms with Crippen molar-refractivity contribution in [3.8, 4) is 5.75 Å². The first kappa shape index (κ1) is 17.2. The average molecular weight is 445 g/mol. The van der Waals surface area contributed by atoms with E-state index in [1.807, 2.05) is 24.3 Å². The maximum Gasteiger partial charge on any atom is 0.534 e. The predicted molar refractivity (Wildman–Crippen MR) is 94.5 cm³/mol. The number of rotatable bonds is 2. The topological polar surface area (TPSA) is 56.5 Å². The van der Waals surface area contributed by atoms with Crippen molar-refractivity contribution in [2.45, 2.75) is 5.51 Å². The normalized spacial score (nSPS) is 12.9. The molecule has 26 heavy (non-hydrogen) atoms. The Morgan fingerprint density at radius 2 is 1.65 bits per heavy atom. The van der Waals surface area contributed by atoms with E-state index >= 15 is 0 Å². The van der Waals surface area contributed by atoms with Crippen LogP contribution in [0.4, 0.5) is 13.2 Å². The Balaban J connectivity index is 2.05. The average Bonchev–Trinajstić information content (AvgIpc) is 2.93. The number of halogens is 4. The Morgan fingerprint density at radius 3 is 2.31 bits per heavy atom. The lowest BCUT2D eigenvalue weighted by Crippen LogP contribution is -2.28. The molecule has 0 aliphatic rings. The Hall–Kier alpha value is -2.26. The highest BCUT2D eigenvalue weighted by Crippen LogP contribution is 2.42. The Bertz CT molecular complexity index is 1280. The van der Waals surface area contributed by atoms with Gasteiger partial charge in [0.2, 0.25) is 0 Å². The van der Waals surface area contributed by atoms with Crippen molar-refractivity contribution >= 4 is 58.8 Å². The molecule has 4 nitrogen and oxygen atoms in total. The second kappa shape index (κ2) is 5.62. The molecule has 4 rings (SSSR count). The number of hydrogen-bond donors (Lipinski definition) is 0. The van der Waals surface area contributed by atoms with E-state index in [-0.39, 0.29) is 11.0 Å². The van der Waals surface area contributed by atoms with Crippen LogP contribution in [0.1, 0.15) is 0 Å². The summed E-state index contributed by atoms with van der Waals surface area (Å²) in [7, 11) is -5.80. The molecule has 0 unspecified atom stereocenters. The molecular formula is C17H8BrF3O4S. The second-order valence-electron chi connectivity index (χ2n) is 5.53. The molecule has 3 aromatic carbocycles. The molecule has 0 bridgehead atoms. The minimum Gasteiger partial charge on any atom is -0.455 e. The fourth-order valence-corrected chi connectivity index (χ4v) is 3.62. The zero-order chi connectivity index (χ0) is 18.7. The van der Waals surface area contributed by atoms with Crippen LogP contribution in [-0.4, -0.2) is 13.9 Å². The van der Waals surface area contributed by atoms with Crippen molar-refractivity contribution in [1.29, 1.82) is 0 Å². The molecule has 134 valence electrons. The molecular weight excluding hydrogens is 437 g/mol. The van der Waals surface area contributed by atoms with E-state index in [2.05, 4.69) is 20.1 Å². The van der Waals surface area contributed by atoms with Gasteiger partial charge in [0.15, 0.2) is 11.3 Å².